The highest BCUT2D eigenvalue weighted by molar-refractivity contribution is 9.10. The Hall–Kier alpha value is -1.35. The molecule has 1 heterocycles. The number of halogens is 1. The van der Waals surface area contributed by atoms with Crippen LogP contribution in [-0.4, -0.2) is 12.4 Å². The van der Waals surface area contributed by atoms with Crippen LogP contribution in [0.25, 0.3) is 10.8 Å². The average Bonchev–Trinajstić information content (AvgIpc) is 2.33. The van der Waals surface area contributed by atoms with E-state index >= 15 is 0 Å². The van der Waals surface area contributed by atoms with Gasteiger partial charge in [-0.2, -0.15) is 0 Å². The summed E-state index contributed by atoms with van der Waals surface area (Å²) >= 11 is 3.44. The highest BCUT2D eigenvalue weighted by atomic mass is 79.9. The van der Waals surface area contributed by atoms with Crippen LogP contribution in [0.15, 0.2) is 34.8 Å². The number of rotatable bonds is 0. The Morgan fingerprint density at radius 1 is 1.29 bits per heavy atom. The van der Waals surface area contributed by atoms with Crippen LogP contribution in [0, 0.1) is 5.92 Å². The van der Waals surface area contributed by atoms with Gasteiger partial charge in [-0.15, -0.1) is 0 Å². The van der Waals surface area contributed by atoms with Gasteiger partial charge in [0.15, 0.2) is 5.78 Å². The summed E-state index contributed by atoms with van der Waals surface area (Å²) in [7, 11) is 0. The minimum Gasteiger partial charge on any atom is -0.492 e. The van der Waals surface area contributed by atoms with Crippen molar-refractivity contribution in [1.29, 1.82) is 0 Å². The van der Waals surface area contributed by atoms with E-state index in [1.54, 1.807) is 0 Å². The van der Waals surface area contributed by atoms with Crippen molar-refractivity contribution < 1.29 is 9.53 Å². The maximum absolute atomic E-state index is 12.2. The van der Waals surface area contributed by atoms with E-state index in [1.165, 1.54) is 0 Å². The molecule has 0 fully saturated rings. The molecule has 1 aliphatic heterocycles. The van der Waals surface area contributed by atoms with Crippen molar-refractivity contribution in [3.63, 3.8) is 0 Å². The predicted octanol–water partition coefficient (Wildman–Crippen LogP) is 3.81. The Morgan fingerprint density at radius 2 is 2.12 bits per heavy atom. The fourth-order valence-electron chi connectivity index (χ4n) is 2.19. The third-order valence-corrected chi connectivity index (χ3v) is 3.62. The van der Waals surface area contributed by atoms with Gasteiger partial charge in [0.05, 0.1) is 18.1 Å². The molecule has 0 N–H and O–H groups in total. The van der Waals surface area contributed by atoms with Crippen LogP contribution >= 0.6 is 15.9 Å². The molecule has 0 amide bonds. The highest BCUT2D eigenvalue weighted by Crippen LogP contribution is 2.34. The van der Waals surface area contributed by atoms with E-state index in [9.17, 15) is 4.79 Å². The van der Waals surface area contributed by atoms with Crippen molar-refractivity contribution in [1.82, 2.24) is 0 Å². The zero-order valence-electron chi connectivity index (χ0n) is 9.37. The Balaban J connectivity index is 2.34. The average molecular weight is 291 g/mol. The molecule has 0 aromatic heterocycles. The van der Waals surface area contributed by atoms with Gasteiger partial charge in [-0.3, -0.25) is 4.79 Å². The highest BCUT2D eigenvalue weighted by Gasteiger charge is 2.27. The first-order valence-electron chi connectivity index (χ1n) is 5.56. The molecule has 3 rings (SSSR count). The molecule has 2 aromatic carbocycles. The van der Waals surface area contributed by atoms with Gasteiger partial charge in [0.1, 0.15) is 5.75 Å². The third-order valence-electron chi connectivity index (χ3n) is 3.13. The second-order valence-electron chi connectivity index (χ2n) is 4.38. The van der Waals surface area contributed by atoms with Crippen LogP contribution in [0.2, 0.25) is 0 Å². The summed E-state index contributed by atoms with van der Waals surface area (Å²) < 4.78 is 6.63. The van der Waals surface area contributed by atoms with Crippen LogP contribution in [-0.2, 0) is 0 Å². The first-order chi connectivity index (χ1) is 8.16. The van der Waals surface area contributed by atoms with Crippen LogP contribution in [0.3, 0.4) is 0 Å². The Morgan fingerprint density at radius 3 is 2.94 bits per heavy atom. The lowest BCUT2D eigenvalue weighted by atomic mass is 9.92. The van der Waals surface area contributed by atoms with Crippen molar-refractivity contribution in [2.45, 2.75) is 6.92 Å². The van der Waals surface area contributed by atoms with E-state index in [1.807, 2.05) is 37.3 Å². The molecule has 17 heavy (non-hydrogen) atoms. The number of carbonyl (C=O) groups is 1. The van der Waals surface area contributed by atoms with Crippen molar-refractivity contribution in [2.75, 3.05) is 6.61 Å². The minimum absolute atomic E-state index is 0.0586. The molecule has 2 aromatic rings. The van der Waals surface area contributed by atoms with Gasteiger partial charge in [-0.1, -0.05) is 35.0 Å². The largest absolute Gasteiger partial charge is 0.492 e. The number of hydrogen-bond donors (Lipinski definition) is 0. The molecule has 0 saturated carbocycles. The summed E-state index contributed by atoms with van der Waals surface area (Å²) in [5.74, 6) is 0.832. The molecular formula is C14H11BrO2. The minimum atomic E-state index is -0.0586. The lowest BCUT2D eigenvalue weighted by molar-refractivity contribution is 0.0851. The molecule has 3 heteroatoms. The number of ether oxygens (including phenoxy) is 1. The number of hydrogen-bond acceptors (Lipinski definition) is 2. The second kappa shape index (κ2) is 3.84. The second-order valence-corrected chi connectivity index (χ2v) is 5.30. The molecule has 0 radical (unpaired) electrons. The summed E-state index contributed by atoms with van der Waals surface area (Å²) in [4.78, 5) is 12.2. The monoisotopic (exact) mass is 290 g/mol. The molecule has 0 bridgehead atoms. The molecule has 0 aliphatic carbocycles. The lowest BCUT2D eigenvalue weighted by Gasteiger charge is -2.22. The number of Topliss-reactive ketones (excluding diaryl/α,β-unsaturated/α-hetero) is 1. The van der Waals surface area contributed by atoms with E-state index < -0.39 is 0 Å². The van der Waals surface area contributed by atoms with Crippen molar-refractivity contribution >= 4 is 32.5 Å². The summed E-state index contributed by atoms with van der Waals surface area (Å²) in [6, 6.07) is 9.81. The molecule has 1 atom stereocenters. The van der Waals surface area contributed by atoms with Crippen LogP contribution in [0.1, 0.15) is 17.3 Å². The molecule has 86 valence electrons. The van der Waals surface area contributed by atoms with Gasteiger partial charge < -0.3 is 4.74 Å². The van der Waals surface area contributed by atoms with Gasteiger partial charge in [-0.25, -0.2) is 0 Å². The van der Waals surface area contributed by atoms with Gasteiger partial charge in [0, 0.05) is 4.47 Å². The van der Waals surface area contributed by atoms with E-state index in [0.29, 0.717) is 12.4 Å². The van der Waals surface area contributed by atoms with Gasteiger partial charge in [0.25, 0.3) is 0 Å². The summed E-state index contributed by atoms with van der Waals surface area (Å²) in [5, 5.41) is 2.03. The van der Waals surface area contributed by atoms with Crippen LogP contribution < -0.4 is 4.74 Å². The number of fused-ring (bicyclic) bond motifs is 3. The van der Waals surface area contributed by atoms with E-state index in [2.05, 4.69) is 15.9 Å². The fraction of sp³-hybridized carbons (Fsp3) is 0.214. The smallest absolute Gasteiger partial charge is 0.173 e. The summed E-state index contributed by atoms with van der Waals surface area (Å²) in [5.41, 5.74) is 0.730. The van der Waals surface area contributed by atoms with Crippen molar-refractivity contribution in [2.24, 2.45) is 5.92 Å². The maximum atomic E-state index is 12.2. The fourth-order valence-corrected chi connectivity index (χ4v) is 2.57. The number of benzene rings is 2. The van der Waals surface area contributed by atoms with E-state index in [-0.39, 0.29) is 11.7 Å². The number of ketones is 1. The topological polar surface area (TPSA) is 26.3 Å². The molecule has 0 saturated heterocycles. The maximum Gasteiger partial charge on any atom is 0.173 e. The standard InChI is InChI=1S/C14H11BrO2/c1-8-7-17-12-5-2-9-6-10(15)3-4-11(9)13(12)14(8)16/h2-6,8H,7H2,1H3/t8-/m0/s1. The van der Waals surface area contributed by atoms with E-state index in [0.717, 1.165) is 20.8 Å². The van der Waals surface area contributed by atoms with Crippen molar-refractivity contribution in [3.05, 3.63) is 40.4 Å². The number of carbonyl (C=O) groups excluding carboxylic acids is 1. The molecule has 0 spiro atoms. The Kier molecular flexibility index (Phi) is 2.44. The van der Waals surface area contributed by atoms with Crippen molar-refractivity contribution in [3.8, 4) is 5.75 Å². The first kappa shape index (κ1) is 10.8. The summed E-state index contributed by atoms with van der Waals surface area (Å²) in [6.45, 7) is 2.39. The SMILES string of the molecule is C[C@H]1COc2ccc3cc(Br)ccc3c2C1=O. The Bertz CT molecular complexity index is 619. The third kappa shape index (κ3) is 1.65. The molecule has 0 unspecified atom stereocenters. The normalized spacial score (nSPS) is 18.9. The summed E-state index contributed by atoms with van der Waals surface area (Å²) in [6.07, 6.45) is 0. The lowest BCUT2D eigenvalue weighted by Crippen LogP contribution is -2.25. The molecule has 2 nitrogen and oxygen atoms in total. The Labute approximate surface area is 108 Å². The van der Waals surface area contributed by atoms with Gasteiger partial charge in [-0.05, 0) is 29.0 Å². The van der Waals surface area contributed by atoms with E-state index in [4.69, 9.17) is 4.74 Å². The van der Waals surface area contributed by atoms with Crippen LogP contribution in [0.4, 0.5) is 0 Å². The van der Waals surface area contributed by atoms with Gasteiger partial charge in [0.2, 0.25) is 0 Å². The molecular weight excluding hydrogens is 280 g/mol. The quantitative estimate of drug-likeness (QED) is 0.737. The molecule has 1 aliphatic rings. The van der Waals surface area contributed by atoms with Gasteiger partial charge >= 0.3 is 0 Å². The zero-order chi connectivity index (χ0) is 12.0. The zero-order valence-corrected chi connectivity index (χ0v) is 11.0. The van der Waals surface area contributed by atoms with Crippen LogP contribution in [0.5, 0.6) is 5.75 Å². The first-order valence-corrected chi connectivity index (χ1v) is 6.35. The predicted molar refractivity (Wildman–Crippen MR) is 70.6 cm³/mol.